The monoisotopic (exact) mass is 311 g/mol. The van der Waals surface area contributed by atoms with Crippen molar-refractivity contribution < 1.29 is 14.3 Å². The van der Waals surface area contributed by atoms with Gasteiger partial charge in [-0.05, 0) is 25.1 Å². The van der Waals surface area contributed by atoms with E-state index in [-0.39, 0.29) is 11.5 Å². The number of nitrogen functional groups attached to an aromatic ring is 1. The molecule has 2 rings (SSSR count). The van der Waals surface area contributed by atoms with Gasteiger partial charge in [-0.25, -0.2) is 0 Å². The lowest BCUT2D eigenvalue weighted by molar-refractivity contribution is -0.136. The van der Waals surface area contributed by atoms with Crippen molar-refractivity contribution in [1.82, 2.24) is 10.2 Å². The van der Waals surface area contributed by atoms with Gasteiger partial charge in [0.05, 0.1) is 23.8 Å². The minimum Gasteiger partial charge on any atom is -0.399 e. The molecule has 1 unspecified atom stereocenters. The van der Waals surface area contributed by atoms with Gasteiger partial charge in [-0.2, -0.15) is 0 Å². The highest BCUT2D eigenvalue weighted by Gasteiger charge is 2.24. The van der Waals surface area contributed by atoms with Crippen LogP contribution in [0.1, 0.15) is 17.3 Å². The predicted molar refractivity (Wildman–Crippen MR) is 80.2 cm³/mol. The van der Waals surface area contributed by atoms with Gasteiger partial charge in [0, 0.05) is 18.8 Å². The van der Waals surface area contributed by atoms with Crippen molar-refractivity contribution in [1.29, 1.82) is 0 Å². The molecule has 3 N–H and O–H groups in total. The number of nitrogens with two attached hydrogens (primary N) is 1. The Balaban J connectivity index is 2.01. The number of carbonyl (C=O) groups excluding carboxylic acids is 2. The molecule has 1 aromatic carbocycles. The fourth-order valence-corrected chi connectivity index (χ4v) is 2.31. The van der Waals surface area contributed by atoms with Gasteiger partial charge in [-0.15, -0.1) is 0 Å². The predicted octanol–water partition coefficient (Wildman–Crippen LogP) is 0.899. The molecule has 7 heteroatoms. The molecule has 0 saturated carbocycles. The van der Waals surface area contributed by atoms with E-state index in [1.807, 2.05) is 0 Å². The topological polar surface area (TPSA) is 84.7 Å². The first-order chi connectivity index (χ1) is 9.99. The number of hydrogen-bond donors (Lipinski definition) is 2. The fraction of sp³-hybridized carbons (Fsp3) is 0.429. The smallest absolute Gasteiger partial charge is 0.253 e. The number of anilines is 1. The molecule has 1 saturated heterocycles. The highest BCUT2D eigenvalue weighted by Crippen LogP contribution is 2.18. The second-order valence-corrected chi connectivity index (χ2v) is 5.28. The van der Waals surface area contributed by atoms with Gasteiger partial charge in [0.2, 0.25) is 5.91 Å². The van der Waals surface area contributed by atoms with Crippen LogP contribution in [0.15, 0.2) is 18.2 Å². The van der Waals surface area contributed by atoms with E-state index in [1.165, 1.54) is 6.07 Å². The van der Waals surface area contributed by atoms with E-state index in [0.717, 1.165) is 0 Å². The van der Waals surface area contributed by atoms with Crippen LogP contribution in [0.2, 0.25) is 5.02 Å². The molecule has 114 valence electrons. The molecule has 21 heavy (non-hydrogen) atoms. The summed E-state index contributed by atoms with van der Waals surface area (Å²) in [6, 6.07) is 4.03. The van der Waals surface area contributed by atoms with Crippen LogP contribution in [-0.2, 0) is 9.53 Å². The molecule has 1 aromatic rings. The van der Waals surface area contributed by atoms with Gasteiger partial charge in [0.15, 0.2) is 0 Å². The third kappa shape index (κ3) is 3.86. The summed E-state index contributed by atoms with van der Waals surface area (Å²) in [5.41, 5.74) is 6.35. The number of halogens is 1. The zero-order valence-electron chi connectivity index (χ0n) is 11.8. The number of morpholine rings is 1. The minimum absolute atomic E-state index is 0.133. The Bertz CT molecular complexity index is 544. The van der Waals surface area contributed by atoms with E-state index in [1.54, 1.807) is 24.0 Å². The first-order valence-corrected chi connectivity index (χ1v) is 7.09. The van der Waals surface area contributed by atoms with E-state index in [0.29, 0.717) is 37.0 Å². The Morgan fingerprint density at radius 2 is 2.05 bits per heavy atom. The number of rotatable bonds is 3. The van der Waals surface area contributed by atoms with E-state index in [9.17, 15) is 9.59 Å². The largest absolute Gasteiger partial charge is 0.399 e. The number of nitrogens with zero attached hydrogens (tertiary/aromatic N) is 1. The number of nitrogens with one attached hydrogen (secondary N) is 1. The van der Waals surface area contributed by atoms with Crippen molar-refractivity contribution in [2.45, 2.75) is 13.0 Å². The van der Waals surface area contributed by atoms with Gasteiger partial charge in [0.25, 0.3) is 5.91 Å². The Kier molecular flexibility index (Phi) is 5.03. The molecule has 6 nitrogen and oxygen atoms in total. The Labute approximate surface area is 128 Å². The molecule has 1 aliphatic rings. The minimum atomic E-state index is -0.631. The highest BCUT2D eigenvalue weighted by molar-refractivity contribution is 6.34. The molecule has 0 aliphatic carbocycles. The van der Waals surface area contributed by atoms with Crippen LogP contribution in [0.3, 0.4) is 0 Å². The molecular weight excluding hydrogens is 294 g/mol. The van der Waals surface area contributed by atoms with Crippen LogP contribution < -0.4 is 11.1 Å². The summed E-state index contributed by atoms with van der Waals surface area (Å²) in [6.07, 6.45) is 0. The van der Waals surface area contributed by atoms with Crippen molar-refractivity contribution in [3.05, 3.63) is 28.8 Å². The van der Waals surface area contributed by atoms with E-state index < -0.39 is 11.9 Å². The summed E-state index contributed by atoms with van der Waals surface area (Å²) in [5, 5.41) is 2.95. The van der Waals surface area contributed by atoms with Gasteiger partial charge in [-0.3, -0.25) is 9.59 Å². The Morgan fingerprint density at radius 3 is 2.71 bits per heavy atom. The van der Waals surface area contributed by atoms with Crippen LogP contribution in [-0.4, -0.2) is 49.1 Å². The van der Waals surface area contributed by atoms with E-state index in [4.69, 9.17) is 22.1 Å². The van der Waals surface area contributed by atoms with Crippen molar-refractivity contribution in [3.8, 4) is 0 Å². The van der Waals surface area contributed by atoms with Gasteiger partial charge >= 0.3 is 0 Å². The lowest BCUT2D eigenvalue weighted by Crippen LogP contribution is -2.50. The van der Waals surface area contributed by atoms with Crippen LogP contribution in [0.5, 0.6) is 0 Å². The van der Waals surface area contributed by atoms with E-state index >= 15 is 0 Å². The second kappa shape index (κ2) is 6.78. The molecule has 0 radical (unpaired) electrons. The first kappa shape index (κ1) is 15.6. The number of carbonyl (C=O) groups is 2. The zero-order valence-corrected chi connectivity index (χ0v) is 12.5. The van der Waals surface area contributed by atoms with Gasteiger partial charge < -0.3 is 20.7 Å². The fourth-order valence-electron chi connectivity index (χ4n) is 2.11. The van der Waals surface area contributed by atoms with Crippen LogP contribution >= 0.6 is 11.6 Å². The maximum atomic E-state index is 12.2. The van der Waals surface area contributed by atoms with Gasteiger partial charge in [-0.1, -0.05) is 11.6 Å². The third-order valence-electron chi connectivity index (χ3n) is 3.28. The molecule has 0 bridgehead atoms. The average Bonchev–Trinajstić information content (AvgIpc) is 2.49. The lowest BCUT2D eigenvalue weighted by atomic mass is 10.1. The summed E-state index contributed by atoms with van der Waals surface area (Å²) in [4.78, 5) is 26.1. The van der Waals surface area contributed by atoms with Crippen LogP contribution in [0.4, 0.5) is 5.69 Å². The Hall–Kier alpha value is -1.79. The molecular formula is C14H18ClN3O3. The number of hydrogen-bond acceptors (Lipinski definition) is 4. The maximum absolute atomic E-state index is 12.2. The van der Waals surface area contributed by atoms with Crippen LogP contribution in [0, 0.1) is 0 Å². The molecule has 1 heterocycles. The first-order valence-electron chi connectivity index (χ1n) is 6.71. The quantitative estimate of drug-likeness (QED) is 0.812. The van der Waals surface area contributed by atoms with Crippen molar-refractivity contribution in [3.63, 3.8) is 0 Å². The highest BCUT2D eigenvalue weighted by atomic mass is 35.5. The molecule has 0 spiro atoms. The lowest BCUT2D eigenvalue weighted by Gasteiger charge is -2.29. The normalized spacial score (nSPS) is 16.4. The third-order valence-corrected chi connectivity index (χ3v) is 3.61. The second-order valence-electron chi connectivity index (χ2n) is 4.87. The molecule has 1 fully saturated rings. The number of amides is 2. The Morgan fingerprint density at radius 1 is 1.38 bits per heavy atom. The summed E-state index contributed by atoms with van der Waals surface area (Å²) in [7, 11) is 0. The van der Waals surface area contributed by atoms with Crippen molar-refractivity contribution >= 4 is 29.1 Å². The van der Waals surface area contributed by atoms with Crippen molar-refractivity contribution in [2.75, 3.05) is 32.0 Å². The molecule has 1 aliphatic heterocycles. The number of ether oxygens (including phenoxy) is 1. The summed E-state index contributed by atoms with van der Waals surface area (Å²) < 4.78 is 5.20. The number of benzene rings is 1. The standard InChI is InChI=1S/C14H18ClN3O3/c1-9(14(20)18-4-6-21-7-5-18)17-13(19)11-8-10(16)2-3-12(11)15/h2-3,8-9H,4-7,16H2,1H3,(H,17,19). The maximum Gasteiger partial charge on any atom is 0.253 e. The SMILES string of the molecule is CC(NC(=O)c1cc(N)ccc1Cl)C(=O)N1CCOCC1. The average molecular weight is 312 g/mol. The zero-order chi connectivity index (χ0) is 15.4. The van der Waals surface area contributed by atoms with Crippen molar-refractivity contribution in [2.24, 2.45) is 0 Å². The van der Waals surface area contributed by atoms with Gasteiger partial charge in [0.1, 0.15) is 6.04 Å². The molecule has 0 aromatic heterocycles. The molecule has 2 amide bonds. The molecule has 1 atom stereocenters. The van der Waals surface area contributed by atoms with E-state index in [2.05, 4.69) is 5.32 Å². The van der Waals surface area contributed by atoms with Crippen LogP contribution in [0.25, 0.3) is 0 Å². The summed E-state index contributed by atoms with van der Waals surface area (Å²) in [6.45, 7) is 3.77. The summed E-state index contributed by atoms with van der Waals surface area (Å²) in [5.74, 6) is -0.548. The summed E-state index contributed by atoms with van der Waals surface area (Å²) >= 11 is 5.97.